The Morgan fingerprint density at radius 1 is 1.30 bits per heavy atom. The summed E-state index contributed by atoms with van der Waals surface area (Å²) in [6.45, 7) is 4.73. The molecule has 1 aromatic carbocycles. The predicted octanol–water partition coefficient (Wildman–Crippen LogP) is 3.05. The molecule has 0 spiro atoms. The number of halogens is 1. The summed E-state index contributed by atoms with van der Waals surface area (Å²) in [6.07, 6.45) is 3.94. The second kappa shape index (κ2) is 6.81. The molecule has 1 saturated heterocycles. The second-order valence-corrected chi connectivity index (χ2v) is 6.13. The third kappa shape index (κ3) is 3.70. The Morgan fingerprint density at radius 2 is 2.09 bits per heavy atom. The van der Waals surface area contributed by atoms with Crippen LogP contribution < -0.4 is 16.0 Å². The summed E-state index contributed by atoms with van der Waals surface area (Å²) in [6, 6.07) is 6.38. The lowest BCUT2D eigenvalue weighted by molar-refractivity contribution is 0.445. The van der Waals surface area contributed by atoms with Gasteiger partial charge in [0.2, 0.25) is 0 Å². The topological polar surface area (TPSA) is 67.1 Å². The van der Waals surface area contributed by atoms with Gasteiger partial charge in [0.15, 0.2) is 11.6 Å². The zero-order chi connectivity index (χ0) is 16.2. The molecule has 0 amide bonds. The lowest BCUT2D eigenvalue weighted by atomic mass is 10.0. The van der Waals surface area contributed by atoms with Crippen LogP contribution in [0.3, 0.4) is 0 Å². The maximum atomic E-state index is 12.9. The Labute approximate surface area is 135 Å². The molecule has 3 rings (SSSR count). The molecule has 0 aliphatic carbocycles. The van der Waals surface area contributed by atoms with E-state index in [4.69, 9.17) is 5.73 Å². The highest BCUT2D eigenvalue weighted by molar-refractivity contribution is 5.75. The normalized spacial score (nSPS) is 18.0. The van der Waals surface area contributed by atoms with Gasteiger partial charge < -0.3 is 16.0 Å². The van der Waals surface area contributed by atoms with Crippen LogP contribution in [-0.2, 0) is 6.54 Å². The van der Waals surface area contributed by atoms with E-state index in [9.17, 15) is 4.39 Å². The van der Waals surface area contributed by atoms with Crippen molar-refractivity contribution >= 4 is 17.3 Å². The number of rotatable bonds is 4. The van der Waals surface area contributed by atoms with Crippen molar-refractivity contribution in [1.29, 1.82) is 0 Å². The highest BCUT2D eigenvalue weighted by atomic mass is 19.1. The number of benzene rings is 1. The SMILES string of the molecule is CC1CCCN(c2ncnc(NCc3ccc(F)cc3)c2N)C1. The zero-order valence-electron chi connectivity index (χ0n) is 13.3. The Kier molecular flexibility index (Phi) is 4.60. The molecule has 3 N–H and O–H groups in total. The lowest BCUT2D eigenvalue weighted by Crippen LogP contribution is -2.35. The van der Waals surface area contributed by atoms with Gasteiger partial charge in [0.1, 0.15) is 17.8 Å². The molecule has 0 saturated carbocycles. The fourth-order valence-corrected chi connectivity index (χ4v) is 2.95. The van der Waals surface area contributed by atoms with Crippen molar-refractivity contribution in [3.05, 3.63) is 42.0 Å². The van der Waals surface area contributed by atoms with Gasteiger partial charge in [-0.3, -0.25) is 0 Å². The first-order chi connectivity index (χ1) is 11.1. The van der Waals surface area contributed by atoms with E-state index in [1.165, 1.54) is 24.9 Å². The monoisotopic (exact) mass is 315 g/mol. The van der Waals surface area contributed by atoms with Crippen LogP contribution in [-0.4, -0.2) is 23.1 Å². The summed E-state index contributed by atoms with van der Waals surface area (Å²) >= 11 is 0. The average molecular weight is 315 g/mol. The Bertz CT molecular complexity index is 659. The third-order valence-electron chi connectivity index (χ3n) is 4.19. The fourth-order valence-electron chi connectivity index (χ4n) is 2.95. The van der Waals surface area contributed by atoms with E-state index in [2.05, 4.69) is 27.1 Å². The van der Waals surface area contributed by atoms with Gasteiger partial charge in [0, 0.05) is 19.6 Å². The van der Waals surface area contributed by atoms with Gasteiger partial charge in [-0.1, -0.05) is 19.1 Å². The van der Waals surface area contributed by atoms with Gasteiger partial charge in [-0.15, -0.1) is 0 Å². The van der Waals surface area contributed by atoms with E-state index in [0.29, 0.717) is 24.0 Å². The minimum absolute atomic E-state index is 0.239. The number of nitrogens with two attached hydrogens (primary N) is 1. The van der Waals surface area contributed by atoms with Gasteiger partial charge in [-0.25, -0.2) is 14.4 Å². The van der Waals surface area contributed by atoms with E-state index in [0.717, 1.165) is 30.9 Å². The molecular formula is C17H22FN5. The Hall–Kier alpha value is -2.37. The summed E-state index contributed by atoms with van der Waals surface area (Å²) < 4.78 is 12.9. The first kappa shape index (κ1) is 15.5. The third-order valence-corrected chi connectivity index (χ3v) is 4.19. The van der Waals surface area contributed by atoms with Gasteiger partial charge in [-0.05, 0) is 36.5 Å². The highest BCUT2D eigenvalue weighted by Gasteiger charge is 2.20. The summed E-state index contributed by atoms with van der Waals surface area (Å²) in [5.74, 6) is 1.83. The van der Waals surface area contributed by atoms with Crippen LogP contribution in [0.4, 0.5) is 21.7 Å². The molecule has 122 valence electrons. The summed E-state index contributed by atoms with van der Waals surface area (Å²) in [4.78, 5) is 10.8. The van der Waals surface area contributed by atoms with Crippen LogP contribution in [0.5, 0.6) is 0 Å². The molecule has 1 aliphatic heterocycles. The molecule has 1 aromatic heterocycles. The number of hydrogen-bond acceptors (Lipinski definition) is 5. The molecule has 5 nitrogen and oxygen atoms in total. The van der Waals surface area contributed by atoms with E-state index in [1.54, 1.807) is 12.1 Å². The number of nitrogen functional groups attached to an aromatic ring is 1. The van der Waals surface area contributed by atoms with Crippen molar-refractivity contribution in [3.63, 3.8) is 0 Å². The standard InChI is InChI=1S/C17H22FN5/c1-12-3-2-8-23(10-12)17-15(19)16(21-11-22-17)20-9-13-4-6-14(18)7-5-13/h4-7,11-12H,2-3,8-10,19H2,1H3,(H,20,21,22). The van der Waals surface area contributed by atoms with Gasteiger partial charge in [0.25, 0.3) is 0 Å². The molecule has 1 fully saturated rings. The molecule has 2 aromatic rings. The number of aromatic nitrogens is 2. The van der Waals surface area contributed by atoms with Gasteiger partial charge >= 0.3 is 0 Å². The quantitative estimate of drug-likeness (QED) is 0.908. The maximum Gasteiger partial charge on any atom is 0.157 e. The van der Waals surface area contributed by atoms with Crippen LogP contribution in [0.1, 0.15) is 25.3 Å². The van der Waals surface area contributed by atoms with Crippen molar-refractivity contribution in [3.8, 4) is 0 Å². The summed E-state index contributed by atoms with van der Waals surface area (Å²) in [7, 11) is 0. The van der Waals surface area contributed by atoms with Crippen molar-refractivity contribution in [2.75, 3.05) is 29.0 Å². The molecule has 1 aliphatic rings. The predicted molar refractivity (Wildman–Crippen MR) is 90.8 cm³/mol. The molecule has 1 unspecified atom stereocenters. The summed E-state index contributed by atoms with van der Waals surface area (Å²) in [5.41, 5.74) is 7.80. The molecule has 6 heteroatoms. The number of nitrogens with zero attached hydrogens (tertiary/aromatic N) is 3. The number of piperidine rings is 1. The molecule has 1 atom stereocenters. The number of nitrogens with one attached hydrogen (secondary N) is 1. The Balaban J connectivity index is 1.72. The van der Waals surface area contributed by atoms with Crippen molar-refractivity contribution < 1.29 is 4.39 Å². The van der Waals surface area contributed by atoms with E-state index in [1.807, 2.05) is 0 Å². The zero-order valence-corrected chi connectivity index (χ0v) is 13.3. The maximum absolute atomic E-state index is 12.9. The minimum Gasteiger partial charge on any atom is -0.393 e. The molecular weight excluding hydrogens is 293 g/mol. The smallest absolute Gasteiger partial charge is 0.157 e. The molecule has 2 heterocycles. The van der Waals surface area contributed by atoms with Crippen LogP contribution >= 0.6 is 0 Å². The van der Waals surface area contributed by atoms with E-state index >= 15 is 0 Å². The number of anilines is 3. The van der Waals surface area contributed by atoms with Gasteiger partial charge in [0.05, 0.1) is 0 Å². The van der Waals surface area contributed by atoms with Crippen LogP contribution in [0, 0.1) is 11.7 Å². The van der Waals surface area contributed by atoms with E-state index < -0.39 is 0 Å². The highest BCUT2D eigenvalue weighted by Crippen LogP contribution is 2.29. The second-order valence-electron chi connectivity index (χ2n) is 6.13. The molecule has 0 radical (unpaired) electrons. The minimum atomic E-state index is -0.239. The van der Waals surface area contributed by atoms with Crippen molar-refractivity contribution in [2.45, 2.75) is 26.3 Å². The van der Waals surface area contributed by atoms with Crippen molar-refractivity contribution in [1.82, 2.24) is 9.97 Å². The van der Waals surface area contributed by atoms with Crippen LogP contribution in [0.15, 0.2) is 30.6 Å². The average Bonchev–Trinajstić information content (AvgIpc) is 2.55. The van der Waals surface area contributed by atoms with Crippen LogP contribution in [0.2, 0.25) is 0 Å². The molecule has 23 heavy (non-hydrogen) atoms. The first-order valence-corrected chi connectivity index (χ1v) is 7.97. The fraction of sp³-hybridized carbons (Fsp3) is 0.412. The van der Waals surface area contributed by atoms with Crippen LogP contribution in [0.25, 0.3) is 0 Å². The Morgan fingerprint density at radius 3 is 2.83 bits per heavy atom. The van der Waals surface area contributed by atoms with Crippen molar-refractivity contribution in [2.24, 2.45) is 5.92 Å². The summed E-state index contributed by atoms with van der Waals surface area (Å²) in [5, 5.41) is 3.21. The van der Waals surface area contributed by atoms with E-state index in [-0.39, 0.29) is 5.82 Å². The number of hydrogen-bond donors (Lipinski definition) is 2. The lowest BCUT2D eigenvalue weighted by Gasteiger charge is -2.32. The molecule has 0 bridgehead atoms. The van der Waals surface area contributed by atoms with Gasteiger partial charge in [-0.2, -0.15) is 0 Å². The first-order valence-electron chi connectivity index (χ1n) is 7.97. The largest absolute Gasteiger partial charge is 0.393 e.